The summed E-state index contributed by atoms with van der Waals surface area (Å²) in [4.78, 5) is 28.3. The van der Waals surface area contributed by atoms with Crippen molar-refractivity contribution in [3.63, 3.8) is 0 Å². The van der Waals surface area contributed by atoms with Crippen molar-refractivity contribution in [3.8, 4) is 0 Å². The molecule has 0 saturated carbocycles. The van der Waals surface area contributed by atoms with Gasteiger partial charge in [-0.15, -0.1) is 0 Å². The minimum atomic E-state index is -0.449. The Balaban J connectivity index is 1.40. The third-order valence-corrected chi connectivity index (χ3v) is 4.73. The summed E-state index contributed by atoms with van der Waals surface area (Å²) >= 11 is 0. The van der Waals surface area contributed by atoms with E-state index in [1.165, 1.54) is 30.3 Å². The summed E-state index contributed by atoms with van der Waals surface area (Å²) in [6.07, 6.45) is 0. The second-order valence-corrected chi connectivity index (χ2v) is 7.14. The minimum Gasteiger partial charge on any atom is -0.325 e. The first kappa shape index (κ1) is 20.9. The van der Waals surface area contributed by atoms with E-state index in [-0.39, 0.29) is 36.4 Å². The molecule has 1 saturated heterocycles. The molecule has 0 unspecified atom stereocenters. The number of hydrogen-bond acceptors (Lipinski definition) is 4. The number of benzene rings is 2. The van der Waals surface area contributed by atoms with Gasteiger partial charge in [0, 0.05) is 31.9 Å². The molecule has 0 atom stereocenters. The third kappa shape index (κ3) is 6.33. The summed E-state index contributed by atoms with van der Waals surface area (Å²) in [5.41, 5.74) is 1.52. The van der Waals surface area contributed by atoms with Crippen LogP contribution in [0, 0.1) is 18.6 Å². The van der Waals surface area contributed by atoms with Gasteiger partial charge in [0.15, 0.2) is 0 Å². The first-order valence-corrected chi connectivity index (χ1v) is 9.45. The quantitative estimate of drug-likeness (QED) is 0.779. The van der Waals surface area contributed by atoms with Crippen molar-refractivity contribution in [1.29, 1.82) is 0 Å². The lowest BCUT2D eigenvalue weighted by molar-refractivity contribution is -0.120. The number of nitrogens with zero attached hydrogens (tertiary/aromatic N) is 2. The molecule has 29 heavy (non-hydrogen) atoms. The Morgan fingerprint density at radius 2 is 1.41 bits per heavy atom. The Morgan fingerprint density at radius 1 is 0.862 bits per heavy atom. The van der Waals surface area contributed by atoms with Crippen molar-refractivity contribution in [2.75, 3.05) is 49.9 Å². The number of piperazine rings is 1. The normalized spacial score (nSPS) is 15.1. The number of halogens is 2. The van der Waals surface area contributed by atoms with E-state index in [1.807, 2.05) is 9.80 Å². The topological polar surface area (TPSA) is 64.7 Å². The molecular weight excluding hydrogens is 378 g/mol. The molecule has 0 bridgehead atoms. The van der Waals surface area contributed by atoms with Gasteiger partial charge in [0.2, 0.25) is 11.8 Å². The van der Waals surface area contributed by atoms with Gasteiger partial charge >= 0.3 is 0 Å². The van der Waals surface area contributed by atoms with Gasteiger partial charge in [0.05, 0.1) is 18.8 Å². The lowest BCUT2D eigenvalue weighted by atomic mass is 10.2. The highest BCUT2D eigenvalue weighted by molar-refractivity contribution is 5.93. The largest absolute Gasteiger partial charge is 0.325 e. The summed E-state index contributed by atoms with van der Waals surface area (Å²) in [6.45, 7) is 4.73. The van der Waals surface area contributed by atoms with E-state index in [0.29, 0.717) is 31.9 Å². The highest BCUT2D eigenvalue weighted by atomic mass is 19.1. The van der Waals surface area contributed by atoms with E-state index < -0.39 is 5.82 Å². The maximum Gasteiger partial charge on any atom is 0.238 e. The van der Waals surface area contributed by atoms with Crippen LogP contribution in [0.5, 0.6) is 0 Å². The molecule has 3 rings (SSSR count). The molecule has 0 aliphatic carbocycles. The van der Waals surface area contributed by atoms with Gasteiger partial charge in [-0.25, -0.2) is 8.78 Å². The number of rotatable bonds is 6. The van der Waals surface area contributed by atoms with Gasteiger partial charge in [-0.2, -0.15) is 0 Å². The van der Waals surface area contributed by atoms with Crippen molar-refractivity contribution in [3.05, 3.63) is 59.7 Å². The molecule has 2 amide bonds. The van der Waals surface area contributed by atoms with Crippen LogP contribution in [0.25, 0.3) is 0 Å². The van der Waals surface area contributed by atoms with Gasteiger partial charge in [-0.3, -0.25) is 19.4 Å². The molecule has 6 nitrogen and oxygen atoms in total. The first-order chi connectivity index (χ1) is 13.9. The summed E-state index contributed by atoms with van der Waals surface area (Å²) in [7, 11) is 0. The van der Waals surface area contributed by atoms with Crippen molar-refractivity contribution in [2.45, 2.75) is 6.92 Å². The van der Waals surface area contributed by atoms with Crippen LogP contribution in [0.2, 0.25) is 0 Å². The third-order valence-electron chi connectivity index (χ3n) is 4.73. The molecule has 154 valence electrons. The minimum absolute atomic E-state index is 0.169. The fourth-order valence-corrected chi connectivity index (χ4v) is 3.16. The van der Waals surface area contributed by atoms with E-state index in [1.54, 1.807) is 19.1 Å². The first-order valence-electron chi connectivity index (χ1n) is 9.45. The highest BCUT2D eigenvalue weighted by Gasteiger charge is 2.21. The summed E-state index contributed by atoms with van der Waals surface area (Å²) < 4.78 is 26.8. The van der Waals surface area contributed by atoms with Crippen LogP contribution in [0.15, 0.2) is 42.5 Å². The summed E-state index contributed by atoms with van der Waals surface area (Å²) in [5, 5.41) is 5.34. The van der Waals surface area contributed by atoms with Gasteiger partial charge in [0.1, 0.15) is 11.6 Å². The molecule has 1 aliphatic rings. The zero-order valence-corrected chi connectivity index (χ0v) is 16.3. The van der Waals surface area contributed by atoms with Gasteiger partial charge in [-0.05, 0) is 48.9 Å². The standard InChI is InChI=1S/C21H24F2N4O2/c1-15-2-7-19(18(23)12-15)25-21(29)14-27-10-8-26(9-11-27)13-20(28)24-17-5-3-16(22)4-6-17/h2-7,12H,8-11,13-14H2,1H3,(H,24,28)(H,25,29). The van der Waals surface area contributed by atoms with Gasteiger partial charge in [0.25, 0.3) is 0 Å². The second kappa shape index (κ2) is 9.58. The molecule has 0 aromatic heterocycles. The van der Waals surface area contributed by atoms with Gasteiger partial charge in [-0.1, -0.05) is 6.07 Å². The molecule has 0 radical (unpaired) electrons. The number of nitrogens with one attached hydrogen (secondary N) is 2. The number of hydrogen-bond donors (Lipinski definition) is 2. The maximum absolute atomic E-state index is 13.8. The van der Waals surface area contributed by atoms with Crippen LogP contribution in [-0.2, 0) is 9.59 Å². The van der Waals surface area contributed by atoms with Crippen molar-refractivity contribution in [1.82, 2.24) is 9.80 Å². The van der Waals surface area contributed by atoms with Crippen molar-refractivity contribution >= 4 is 23.2 Å². The zero-order valence-electron chi connectivity index (χ0n) is 16.3. The number of carbonyl (C=O) groups is 2. The second-order valence-electron chi connectivity index (χ2n) is 7.14. The van der Waals surface area contributed by atoms with E-state index >= 15 is 0 Å². The number of carbonyl (C=O) groups excluding carboxylic acids is 2. The highest BCUT2D eigenvalue weighted by Crippen LogP contribution is 2.15. The van der Waals surface area contributed by atoms with Crippen LogP contribution in [0.1, 0.15) is 5.56 Å². The molecule has 2 aromatic rings. The van der Waals surface area contributed by atoms with Gasteiger partial charge < -0.3 is 10.6 Å². The SMILES string of the molecule is Cc1ccc(NC(=O)CN2CCN(CC(=O)Nc3ccc(F)cc3)CC2)c(F)c1. The Kier molecular flexibility index (Phi) is 6.90. The predicted molar refractivity (Wildman–Crippen MR) is 108 cm³/mol. The van der Waals surface area contributed by atoms with E-state index in [9.17, 15) is 18.4 Å². The van der Waals surface area contributed by atoms with Crippen LogP contribution in [0.3, 0.4) is 0 Å². The monoisotopic (exact) mass is 402 g/mol. The van der Waals surface area contributed by atoms with E-state index in [0.717, 1.165) is 5.56 Å². The average molecular weight is 402 g/mol. The molecule has 2 aromatic carbocycles. The zero-order chi connectivity index (χ0) is 20.8. The Morgan fingerprint density at radius 3 is 1.97 bits per heavy atom. The van der Waals surface area contributed by atoms with Crippen molar-refractivity contribution < 1.29 is 18.4 Å². The van der Waals surface area contributed by atoms with Crippen LogP contribution < -0.4 is 10.6 Å². The van der Waals surface area contributed by atoms with Crippen LogP contribution >= 0.6 is 0 Å². The molecule has 1 aliphatic heterocycles. The lowest BCUT2D eigenvalue weighted by Gasteiger charge is -2.33. The average Bonchev–Trinajstić information content (AvgIpc) is 2.67. The molecule has 1 heterocycles. The van der Waals surface area contributed by atoms with Crippen LogP contribution in [-0.4, -0.2) is 60.9 Å². The lowest BCUT2D eigenvalue weighted by Crippen LogP contribution is -2.50. The Hall–Kier alpha value is -2.84. The molecular formula is C21H24F2N4O2. The smallest absolute Gasteiger partial charge is 0.238 e. The summed E-state index contributed by atoms with van der Waals surface area (Å²) in [5.74, 6) is -1.24. The predicted octanol–water partition coefficient (Wildman–Crippen LogP) is 2.47. The molecule has 8 heteroatoms. The molecule has 1 fully saturated rings. The van der Waals surface area contributed by atoms with E-state index in [4.69, 9.17) is 0 Å². The number of aryl methyl sites for hydroxylation is 1. The summed E-state index contributed by atoms with van der Waals surface area (Å²) in [6, 6.07) is 10.3. The Bertz CT molecular complexity index is 865. The van der Waals surface area contributed by atoms with E-state index in [2.05, 4.69) is 10.6 Å². The van der Waals surface area contributed by atoms with Crippen molar-refractivity contribution in [2.24, 2.45) is 0 Å². The number of amides is 2. The molecule has 2 N–H and O–H groups in total. The van der Waals surface area contributed by atoms with Crippen LogP contribution in [0.4, 0.5) is 20.2 Å². The fourth-order valence-electron chi connectivity index (χ4n) is 3.16. The fraction of sp³-hybridized carbons (Fsp3) is 0.333. The number of anilines is 2. The maximum atomic E-state index is 13.8. The molecule has 0 spiro atoms. The Labute approximate surface area is 168 Å².